The highest BCUT2D eigenvalue weighted by Crippen LogP contribution is 2.38. The van der Waals surface area contributed by atoms with Crippen molar-refractivity contribution in [2.24, 2.45) is 5.92 Å². The summed E-state index contributed by atoms with van der Waals surface area (Å²) in [6, 6.07) is 9.16. The molecular formula is C28H36FN3O5S. The van der Waals surface area contributed by atoms with E-state index in [1.54, 1.807) is 38.4 Å². The van der Waals surface area contributed by atoms with Gasteiger partial charge in [0.05, 0.1) is 30.7 Å². The van der Waals surface area contributed by atoms with E-state index < -0.39 is 15.8 Å². The maximum absolute atomic E-state index is 14.8. The lowest BCUT2D eigenvalue weighted by atomic mass is 9.99. The summed E-state index contributed by atoms with van der Waals surface area (Å²) in [5.74, 6) is 1.55. The Morgan fingerprint density at radius 2 is 1.87 bits per heavy atom. The number of benzene rings is 2. The van der Waals surface area contributed by atoms with E-state index in [0.717, 1.165) is 38.0 Å². The Morgan fingerprint density at radius 3 is 2.58 bits per heavy atom. The van der Waals surface area contributed by atoms with E-state index in [2.05, 4.69) is 21.5 Å². The predicted molar refractivity (Wildman–Crippen MR) is 147 cm³/mol. The molecule has 1 N–H and O–H groups in total. The first-order valence-corrected chi connectivity index (χ1v) is 14.7. The number of piperidine rings is 1. The minimum Gasteiger partial charge on any atom is -0.493 e. The van der Waals surface area contributed by atoms with Gasteiger partial charge < -0.3 is 19.1 Å². The molecule has 206 valence electrons. The van der Waals surface area contributed by atoms with Gasteiger partial charge >= 0.3 is 0 Å². The molecule has 38 heavy (non-hydrogen) atoms. The van der Waals surface area contributed by atoms with Gasteiger partial charge in [-0.05, 0) is 69.0 Å². The molecule has 1 aromatic heterocycles. The van der Waals surface area contributed by atoms with Crippen LogP contribution in [-0.2, 0) is 10.0 Å². The number of anilines is 1. The normalized spacial score (nSPS) is 14.9. The lowest BCUT2D eigenvalue weighted by Gasteiger charge is -2.30. The molecule has 4 rings (SSSR count). The Balaban J connectivity index is 1.45. The van der Waals surface area contributed by atoms with Crippen LogP contribution in [0.2, 0.25) is 0 Å². The fourth-order valence-electron chi connectivity index (χ4n) is 4.51. The summed E-state index contributed by atoms with van der Waals surface area (Å²) in [4.78, 5) is 6.91. The Hall–Kier alpha value is -3.11. The van der Waals surface area contributed by atoms with Crippen LogP contribution in [0.25, 0.3) is 10.9 Å². The van der Waals surface area contributed by atoms with E-state index in [0.29, 0.717) is 41.2 Å². The van der Waals surface area contributed by atoms with Crippen molar-refractivity contribution in [1.29, 1.82) is 0 Å². The number of nitrogens with zero attached hydrogens (tertiary/aromatic N) is 2. The van der Waals surface area contributed by atoms with Gasteiger partial charge in [0.15, 0.2) is 23.1 Å². The van der Waals surface area contributed by atoms with Crippen LogP contribution < -0.4 is 18.9 Å². The molecule has 10 heteroatoms. The second-order valence-corrected chi connectivity index (χ2v) is 11.6. The first-order valence-electron chi connectivity index (χ1n) is 13.1. The number of hydrogen-bond acceptors (Lipinski definition) is 7. The first-order chi connectivity index (χ1) is 18.3. The molecule has 0 saturated carbocycles. The van der Waals surface area contributed by atoms with Crippen molar-refractivity contribution in [2.45, 2.75) is 39.5 Å². The summed E-state index contributed by atoms with van der Waals surface area (Å²) >= 11 is 0. The fourth-order valence-corrected chi connectivity index (χ4v) is 5.64. The van der Waals surface area contributed by atoms with E-state index in [9.17, 15) is 12.8 Å². The van der Waals surface area contributed by atoms with Crippen molar-refractivity contribution < 1.29 is 27.0 Å². The third kappa shape index (κ3) is 7.26. The maximum atomic E-state index is 14.8. The number of nitrogens with one attached hydrogen (secondary N) is 1. The zero-order valence-corrected chi connectivity index (χ0v) is 23.0. The highest BCUT2D eigenvalue weighted by Gasteiger charge is 2.17. The van der Waals surface area contributed by atoms with E-state index in [-0.39, 0.29) is 17.2 Å². The molecule has 0 spiro atoms. The Labute approximate surface area is 224 Å². The molecule has 2 heterocycles. The van der Waals surface area contributed by atoms with Crippen molar-refractivity contribution in [1.82, 2.24) is 9.88 Å². The van der Waals surface area contributed by atoms with E-state index in [1.807, 2.05) is 0 Å². The van der Waals surface area contributed by atoms with Crippen LogP contribution in [0.15, 0.2) is 42.6 Å². The van der Waals surface area contributed by atoms with Gasteiger partial charge in [-0.3, -0.25) is 9.71 Å². The van der Waals surface area contributed by atoms with Gasteiger partial charge in [0.1, 0.15) is 5.75 Å². The minimum atomic E-state index is -3.52. The molecule has 0 amide bonds. The monoisotopic (exact) mass is 545 g/mol. The molecule has 0 aliphatic carbocycles. The number of fused-ring (bicyclic) bond motifs is 1. The van der Waals surface area contributed by atoms with Crippen LogP contribution in [0.3, 0.4) is 0 Å². The van der Waals surface area contributed by atoms with Gasteiger partial charge in [0.25, 0.3) is 0 Å². The predicted octanol–water partition coefficient (Wildman–Crippen LogP) is 5.83. The van der Waals surface area contributed by atoms with Crippen molar-refractivity contribution in [2.75, 3.05) is 43.8 Å². The number of sulfonamides is 1. The van der Waals surface area contributed by atoms with Crippen LogP contribution in [0.1, 0.15) is 39.5 Å². The lowest BCUT2D eigenvalue weighted by molar-refractivity contribution is 0.176. The van der Waals surface area contributed by atoms with Gasteiger partial charge in [-0.15, -0.1) is 0 Å². The number of pyridine rings is 1. The topological polar surface area (TPSA) is 90.0 Å². The number of ether oxygens (including phenoxy) is 3. The van der Waals surface area contributed by atoms with E-state index in [1.165, 1.54) is 25.0 Å². The third-order valence-electron chi connectivity index (χ3n) is 6.64. The highest BCUT2D eigenvalue weighted by atomic mass is 32.2. The van der Waals surface area contributed by atoms with Crippen molar-refractivity contribution >= 4 is 26.6 Å². The number of halogens is 1. The molecule has 2 aromatic carbocycles. The Morgan fingerprint density at radius 1 is 1.08 bits per heavy atom. The second kappa shape index (κ2) is 12.6. The summed E-state index contributed by atoms with van der Waals surface area (Å²) in [5, 5.41) is 0.631. The molecule has 1 aliphatic rings. The zero-order chi connectivity index (χ0) is 27.1. The van der Waals surface area contributed by atoms with Crippen molar-refractivity contribution in [3.8, 4) is 23.0 Å². The summed E-state index contributed by atoms with van der Waals surface area (Å²) in [7, 11) is -1.96. The number of likely N-dealkylation sites (tertiary alicyclic amines) is 1. The highest BCUT2D eigenvalue weighted by molar-refractivity contribution is 7.92. The molecule has 8 nitrogen and oxygen atoms in total. The number of hydrogen-bond donors (Lipinski definition) is 1. The van der Waals surface area contributed by atoms with Crippen LogP contribution in [-0.4, -0.2) is 57.4 Å². The van der Waals surface area contributed by atoms with Crippen molar-refractivity contribution in [3.05, 3.63) is 48.4 Å². The van der Waals surface area contributed by atoms with Crippen LogP contribution >= 0.6 is 0 Å². The molecule has 0 atom stereocenters. The summed E-state index contributed by atoms with van der Waals surface area (Å²) in [5.41, 5.74) is 0.758. The summed E-state index contributed by atoms with van der Waals surface area (Å²) in [6.07, 6.45) is 5.46. The van der Waals surface area contributed by atoms with Crippen molar-refractivity contribution in [3.63, 3.8) is 0 Å². The lowest BCUT2D eigenvalue weighted by Crippen LogP contribution is -2.34. The average molecular weight is 546 g/mol. The van der Waals surface area contributed by atoms with Crippen LogP contribution in [0.5, 0.6) is 23.0 Å². The van der Waals surface area contributed by atoms with Gasteiger partial charge in [-0.1, -0.05) is 13.8 Å². The van der Waals surface area contributed by atoms with Crippen LogP contribution in [0.4, 0.5) is 10.1 Å². The SMILES string of the molecule is CCCS(=O)(=O)Nc1ccc(Oc2ccnc3cc(OCCCN4CCC(C)CC4)c(OC)cc23)c(F)c1. The second-order valence-electron chi connectivity index (χ2n) is 9.72. The smallest absolute Gasteiger partial charge is 0.232 e. The largest absolute Gasteiger partial charge is 0.493 e. The Bertz CT molecular complexity index is 1340. The van der Waals surface area contributed by atoms with E-state index >= 15 is 0 Å². The standard InChI is InChI=1S/C28H36FN3O5S/c1-4-16-38(33,34)31-21-6-7-26(23(29)17-21)37-25-8-11-30-24-19-28(27(35-3)18-22(24)25)36-15-5-12-32-13-9-20(2)10-14-32/h6-8,11,17-20,31H,4-5,9-10,12-16H2,1-3H3. The molecule has 1 saturated heterocycles. The fraction of sp³-hybridized carbons (Fsp3) is 0.464. The van der Waals surface area contributed by atoms with Crippen LogP contribution in [0, 0.1) is 11.7 Å². The Kier molecular flexibility index (Phi) is 9.27. The quantitative estimate of drug-likeness (QED) is 0.287. The average Bonchev–Trinajstić information content (AvgIpc) is 2.88. The summed E-state index contributed by atoms with van der Waals surface area (Å²) in [6.45, 7) is 7.92. The minimum absolute atomic E-state index is 0.0395. The molecule has 1 aliphatic heterocycles. The third-order valence-corrected chi connectivity index (χ3v) is 8.13. The van der Waals surface area contributed by atoms with Gasteiger partial charge in [0.2, 0.25) is 10.0 Å². The zero-order valence-electron chi connectivity index (χ0n) is 22.2. The van der Waals surface area contributed by atoms with Gasteiger partial charge in [0, 0.05) is 30.3 Å². The molecule has 0 unspecified atom stereocenters. The number of aromatic nitrogens is 1. The molecule has 3 aromatic rings. The molecule has 0 radical (unpaired) electrons. The molecule has 0 bridgehead atoms. The van der Waals surface area contributed by atoms with Gasteiger partial charge in [-0.25, -0.2) is 12.8 Å². The van der Waals surface area contributed by atoms with Gasteiger partial charge in [-0.2, -0.15) is 0 Å². The van der Waals surface area contributed by atoms with E-state index in [4.69, 9.17) is 14.2 Å². The first kappa shape index (κ1) is 27.9. The maximum Gasteiger partial charge on any atom is 0.232 e. The number of methoxy groups -OCH3 is 1. The summed E-state index contributed by atoms with van der Waals surface area (Å²) < 4.78 is 58.7. The number of rotatable bonds is 12. The molecule has 1 fully saturated rings. The molecular weight excluding hydrogens is 509 g/mol.